The van der Waals surface area contributed by atoms with E-state index >= 15 is 0 Å². The molecule has 1 rings (SSSR count). The lowest BCUT2D eigenvalue weighted by Crippen LogP contribution is -2.13. The maximum absolute atomic E-state index is 8.92. The topological polar surface area (TPSA) is 46.2 Å². The van der Waals surface area contributed by atoms with E-state index in [0.29, 0.717) is 12.5 Å². The van der Waals surface area contributed by atoms with Crippen LogP contribution in [0.2, 0.25) is 0 Å². The minimum Gasteiger partial charge on any atom is -0.396 e. The molecule has 0 radical (unpaired) electrons. The zero-order valence-electron chi connectivity index (χ0n) is 9.61. The maximum atomic E-state index is 8.92. The van der Waals surface area contributed by atoms with Gasteiger partial charge in [-0.3, -0.25) is 0 Å². The van der Waals surface area contributed by atoms with Crippen LogP contribution in [0.5, 0.6) is 0 Å². The lowest BCUT2D eigenvalue weighted by molar-refractivity contribution is 0.276. The van der Waals surface area contributed by atoms with Crippen LogP contribution in [-0.2, 0) is 0 Å². The van der Waals surface area contributed by atoms with Crippen LogP contribution in [0.3, 0.4) is 0 Å². The second kappa shape index (κ2) is 5.89. The van der Waals surface area contributed by atoms with Gasteiger partial charge in [-0.25, -0.2) is 0 Å². The van der Waals surface area contributed by atoms with Gasteiger partial charge in [0.05, 0.1) is 0 Å². The summed E-state index contributed by atoms with van der Waals surface area (Å²) in [7, 11) is 0. The fraction of sp³-hybridized carbons (Fsp3) is 0.538. The van der Waals surface area contributed by atoms with E-state index in [1.54, 1.807) is 0 Å². The monoisotopic (exact) mass is 207 g/mol. The van der Waals surface area contributed by atoms with Crippen LogP contribution in [0.1, 0.15) is 43.2 Å². The third-order valence-electron chi connectivity index (χ3n) is 2.84. The molecule has 2 heteroatoms. The normalized spacial score (nSPS) is 13.1. The van der Waals surface area contributed by atoms with Crippen molar-refractivity contribution in [2.45, 2.75) is 32.1 Å². The highest BCUT2D eigenvalue weighted by Crippen LogP contribution is 2.21. The molecule has 84 valence electrons. The van der Waals surface area contributed by atoms with Gasteiger partial charge in [-0.15, -0.1) is 0 Å². The molecule has 0 fully saturated rings. The Hall–Kier alpha value is -0.860. The minimum atomic E-state index is 0.202. The van der Waals surface area contributed by atoms with Crippen molar-refractivity contribution in [3.63, 3.8) is 0 Å². The van der Waals surface area contributed by atoms with Crippen LogP contribution in [0.4, 0.5) is 0 Å². The molecular formula is C13H21NO. The highest BCUT2D eigenvalue weighted by atomic mass is 16.3. The van der Waals surface area contributed by atoms with Crippen LogP contribution < -0.4 is 5.73 Å². The summed E-state index contributed by atoms with van der Waals surface area (Å²) in [6.45, 7) is 5.17. The van der Waals surface area contributed by atoms with Crippen molar-refractivity contribution in [3.05, 3.63) is 35.4 Å². The van der Waals surface area contributed by atoms with Crippen molar-refractivity contribution in [1.82, 2.24) is 0 Å². The van der Waals surface area contributed by atoms with Gasteiger partial charge in [0.1, 0.15) is 0 Å². The first-order valence-corrected chi connectivity index (χ1v) is 5.59. The van der Waals surface area contributed by atoms with Crippen molar-refractivity contribution in [2.24, 2.45) is 5.73 Å². The van der Waals surface area contributed by atoms with E-state index in [1.807, 2.05) is 0 Å². The predicted molar refractivity (Wildman–Crippen MR) is 64.0 cm³/mol. The van der Waals surface area contributed by atoms with Crippen LogP contribution in [0.15, 0.2) is 24.3 Å². The summed E-state index contributed by atoms with van der Waals surface area (Å²) >= 11 is 0. The van der Waals surface area contributed by atoms with Crippen LogP contribution in [-0.4, -0.2) is 18.3 Å². The van der Waals surface area contributed by atoms with Crippen molar-refractivity contribution in [3.8, 4) is 0 Å². The summed E-state index contributed by atoms with van der Waals surface area (Å²) in [6, 6.07) is 8.56. The SMILES string of the molecule is CC(C)c1ccc(C(CN)CCO)cc1. The lowest BCUT2D eigenvalue weighted by atomic mass is 9.93. The van der Waals surface area contributed by atoms with Gasteiger partial charge in [0.15, 0.2) is 0 Å². The summed E-state index contributed by atoms with van der Waals surface area (Å²) in [5, 5.41) is 8.92. The molecule has 0 saturated heterocycles. The number of rotatable bonds is 5. The Labute approximate surface area is 92.1 Å². The number of aliphatic hydroxyl groups excluding tert-OH is 1. The van der Waals surface area contributed by atoms with Gasteiger partial charge >= 0.3 is 0 Å². The largest absolute Gasteiger partial charge is 0.396 e. The molecule has 0 aliphatic carbocycles. The number of nitrogens with two attached hydrogens (primary N) is 1. The van der Waals surface area contributed by atoms with Crippen molar-refractivity contribution < 1.29 is 5.11 Å². The van der Waals surface area contributed by atoms with Gasteiger partial charge in [-0.2, -0.15) is 0 Å². The highest BCUT2D eigenvalue weighted by Gasteiger charge is 2.09. The molecule has 3 N–H and O–H groups in total. The van der Waals surface area contributed by atoms with E-state index in [1.165, 1.54) is 11.1 Å². The average Bonchev–Trinajstić information content (AvgIpc) is 2.26. The van der Waals surface area contributed by atoms with E-state index in [9.17, 15) is 0 Å². The lowest BCUT2D eigenvalue weighted by Gasteiger charge is -2.15. The maximum Gasteiger partial charge on any atom is 0.0437 e. The molecule has 0 amide bonds. The second-order valence-corrected chi connectivity index (χ2v) is 4.27. The van der Waals surface area contributed by atoms with Gasteiger partial charge < -0.3 is 10.8 Å². The Morgan fingerprint density at radius 1 is 1.13 bits per heavy atom. The van der Waals surface area contributed by atoms with Gasteiger partial charge in [-0.1, -0.05) is 38.1 Å². The van der Waals surface area contributed by atoms with Gasteiger partial charge in [0.25, 0.3) is 0 Å². The summed E-state index contributed by atoms with van der Waals surface area (Å²) in [6.07, 6.45) is 0.748. The fourth-order valence-electron chi connectivity index (χ4n) is 1.73. The first-order valence-electron chi connectivity index (χ1n) is 5.59. The zero-order chi connectivity index (χ0) is 11.3. The molecule has 0 spiro atoms. The molecule has 0 bridgehead atoms. The second-order valence-electron chi connectivity index (χ2n) is 4.27. The number of aliphatic hydroxyl groups is 1. The van der Waals surface area contributed by atoms with E-state index < -0.39 is 0 Å². The third kappa shape index (κ3) is 3.33. The van der Waals surface area contributed by atoms with Crippen molar-refractivity contribution in [1.29, 1.82) is 0 Å². The van der Waals surface area contributed by atoms with Crippen LogP contribution in [0, 0.1) is 0 Å². The summed E-state index contributed by atoms with van der Waals surface area (Å²) < 4.78 is 0. The highest BCUT2D eigenvalue weighted by molar-refractivity contribution is 5.27. The smallest absolute Gasteiger partial charge is 0.0437 e. The molecule has 0 aliphatic heterocycles. The first kappa shape index (κ1) is 12.2. The molecule has 1 unspecified atom stereocenters. The zero-order valence-corrected chi connectivity index (χ0v) is 9.61. The van der Waals surface area contributed by atoms with Gasteiger partial charge in [0, 0.05) is 6.61 Å². The van der Waals surface area contributed by atoms with E-state index in [-0.39, 0.29) is 12.5 Å². The van der Waals surface area contributed by atoms with Crippen LogP contribution in [0.25, 0.3) is 0 Å². The Kier molecular flexibility index (Phi) is 4.79. The summed E-state index contributed by atoms with van der Waals surface area (Å²) in [5.41, 5.74) is 8.26. The molecule has 1 aromatic rings. The molecule has 15 heavy (non-hydrogen) atoms. The van der Waals surface area contributed by atoms with Gasteiger partial charge in [-0.05, 0) is 35.9 Å². The number of benzene rings is 1. The fourth-order valence-corrected chi connectivity index (χ4v) is 1.73. The van der Waals surface area contributed by atoms with E-state index in [0.717, 1.165) is 6.42 Å². The van der Waals surface area contributed by atoms with Crippen molar-refractivity contribution >= 4 is 0 Å². The van der Waals surface area contributed by atoms with Gasteiger partial charge in [0.2, 0.25) is 0 Å². The Bertz CT molecular complexity index is 279. The molecule has 1 aromatic carbocycles. The standard InChI is InChI=1S/C13H21NO/c1-10(2)11-3-5-12(6-4-11)13(9-14)7-8-15/h3-6,10,13,15H,7-9,14H2,1-2H3. The summed E-state index contributed by atoms with van der Waals surface area (Å²) in [4.78, 5) is 0. The molecule has 0 saturated carbocycles. The Morgan fingerprint density at radius 2 is 1.67 bits per heavy atom. The molecule has 0 aromatic heterocycles. The third-order valence-corrected chi connectivity index (χ3v) is 2.84. The molecule has 1 atom stereocenters. The molecule has 0 heterocycles. The quantitative estimate of drug-likeness (QED) is 0.777. The van der Waals surface area contributed by atoms with E-state index in [2.05, 4.69) is 38.1 Å². The Balaban J connectivity index is 2.77. The summed E-state index contributed by atoms with van der Waals surface area (Å²) in [5.74, 6) is 0.851. The molecule has 0 aliphatic rings. The predicted octanol–water partition coefficient (Wildman–Crippen LogP) is 2.23. The minimum absolute atomic E-state index is 0.202. The van der Waals surface area contributed by atoms with Crippen molar-refractivity contribution in [2.75, 3.05) is 13.2 Å². The molecule has 2 nitrogen and oxygen atoms in total. The average molecular weight is 207 g/mol. The molecular weight excluding hydrogens is 186 g/mol. The first-order chi connectivity index (χ1) is 7.19. The van der Waals surface area contributed by atoms with Crippen LogP contribution >= 0.6 is 0 Å². The Morgan fingerprint density at radius 3 is 2.07 bits per heavy atom. The number of hydrogen-bond donors (Lipinski definition) is 2. The number of hydrogen-bond acceptors (Lipinski definition) is 2. The van der Waals surface area contributed by atoms with E-state index in [4.69, 9.17) is 10.8 Å².